The molecule has 8 nitrogen and oxygen atoms in total. The molecular formula is C19H32N4O4S. The van der Waals surface area contributed by atoms with Gasteiger partial charge in [0, 0.05) is 12.1 Å². The maximum atomic E-state index is 12.4. The smallest absolute Gasteiger partial charge is 0.266 e. The minimum Gasteiger partial charge on any atom is -0.266 e. The lowest BCUT2D eigenvalue weighted by atomic mass is 10.2. The molecule has 0 bridgehead atoms. The summed E-state index contributed by atoms with van der Waals surface area (Å²) in [4.78, 5) is 12.6. The van der Waals surface area contributed by atoms with E-state index in [2.05, 4.69) is 10.9 Å². The van der Waals surface area contributed by atoms with Crippen LogP contribution in [-0.2, 0) is 14.3 Å². The van der Waals surface area contributed by atoms with Gasteiger partial charge in [-0.25, -0.2) is 15.6 Å². The van der Waals surface area contributed by atoms with Crippen molar-refractivity contribution in [3.8, 4) is 0 Å². The van der Waals surface area contributed by atoms with E-state index in [-0.39, 0.29) is 35.8 Å². The second-order valence-corrected chi connectivity index (χ2v) is 9.22. The van der Waals surface area contributed by atoms with Crippen LogP contribution in [0.5, 0.6) is 0 Å². The molecule has 9 heteroatoms. The number of carbonyl (C=O) groups is 1. The van der Waals surface area contributed by atoms with Gasteiger partial charge in [0.25, 0.3) is 10.1 Å². The Kier molecular flexibility index (Phi) is 7.82. The van der Waals surface area contributed by atoms with Crippen LogP contribution in [0.25, 0.3) is 0 Å². The van der Waals surface area contributed by atoms with Crippen molar-refractivity contribution in [2.45, 2.75) is 77.0 Å². The number of hydrazine groups is 2. The molecule has 2 N–H and O–H groups in total. The second-order valence-electron chi connectivity index (χ2n) is 7.61. The number of hydrogen-bond donors (Lipinski definition) is 2. The molecule has 1 fully saturated rings. The van der Waals surface area contributed by atoms with Crippen LogP contribution in [0.2, 0.25) is 0 Å². The number of nitrogens with one attached hydrogen (secondary N) is 2. The largest absolute Gasteiger partial charge is 0.349 e. The van der Waals surface area contributed by atoms with Gasteiger partial charge in [0.15, 0.2) is 0 Å². The van der Waals surface area contributed by atoms with Crippen LogP contribution in [-0.4, -0.2) is 49.3 Å². The van der Waals surface area contributed by atoms with Crippen LogP contribution in [0.3, 0.4) is 0 Å². The maximum Gasteiger partial charge on any atom is 0.349 e. The molecule has 2 amide bonds. The van der Waals surface area contributed by atoms with Crippen molar-refractivity contribution in [3.63, 3.8) is 0 Å². The van der Waals surface area contributed by atoms with Gasteiger partial charge in [-0.15, -0.1) is 0 Å². The van der Waals surface area contributed by atoms with E-state index in [0.717, 1.165) is 18.4 Å². The number of urea groups is 1. The van der Waals surface area contributed by atoms with E-state index < -0.39 is 10.1 Å². The zero-order chi connectivity index (χ0) is 20.9. The van der Waals surface area contributed by atoms with E-state index in [0.29, 0.717) is 6.42 Å². The minimum absolute atomic E-state index is 0.0290. The lowest BCUT2D eigenvalue weighted by molar-refractivity contribution is 0.00142. The minimum atomic E-state index is -3.72. The molecule has 1 aromatic carbocycles. The highest BCUT2D eigenvalue weighted by Gasteiger charge is 2.33. The maximum absolute atomic E-state index is 12.4. The number of benzene rings is 1. The van der Waals surface area contributed by atoms with Gasteiger partial charge in [-0.05, 0) is 66.0 Å². The topological polar surface area (TPSA) is 91.0 Å². The first kappa shape index (κ1) is 22.6. The van der Waals surface area contributed by atoms with Gasteiger partial charge < -0.3 is 0 Å². The fourth-order valence-electron chi connectivity index (χ4n) is 2.85. The van der Waals surface area contributed by atoms with Crippen LogP contribution in [0.1, 0.15) is 52.5 Å². The Morgan fingerprint density at radius 1 is 1.00 bits per heavy atom. The van der Waals surface area contributed by atoms with Gasteiger partial charge in [-0.3, -0.25) is 14.2 Å². The van der Waals surface area contributed by atoms with Crippen LogP contribution in [0.4, 0.5) is 4.79 Å². The number of carbonyl (C=O) groups excluding carboxylic acids is 1. The lowest BCUT2D eigenvalue weighted by Crippen LogP contribution is -2.71. The molecule has 1 saturated heterocycles. The van der Waals surface area contributed by atoms with Crippen molar-refractivity contribution in [3.05, 3.63) is 29.8 Å². The van der Waals surface area contributed by atoms with E-state index in [4.69, 9.17) is 4.18 Å². The summed E-state index contributed by atoms with van der Waals surface area (Å²) in [5.74, 6) is 0. The van der Waals surface area contributed by atoms with Crippen LogP contribution >= 0.6 is 0 Å². The zero-order valence-electron chi connectivity index (χ0n) is 17.3. The number of rotatable bonds is 9. The van der Waals surface area contributed by atoms with Crippen molar-refractivity contribution in [2.24, 2.45) is 0 Å². The van der Waals surface area contributed by atoms with Crippen molar-refractivity contribution in [1.29, 1.82) is 0 Å². The molecule has 0 aliphatic carbocycles. The molecule has 158 valence electrons. The molecule has 1 aliphatic rings. The fourth-order valence-corrected chi connectivity index (χ4v) is 3.80. The highest BCUT2D eigenvalue weighted by Crippen LogP contribution is 2.15. The van der Waals surface area contributed by atoms with Gasteiger partial charge >= 0.3 is 6.03 Å². The number of unbranched alkanes of at least 4 members (excludes halogenated alkanes) is 1. The zero-order valence-corrected chi connectivity index (χ0v) is 18.1. The third-order valence-corrected chi connectivity index (χ3v) is 5.80. The SMILES string of the molecule is Cc1ccc(S(=O)(=O)OCCCCC2NN(C(C)C)C(=O)N(C(C)C)N2)cc1. The Labute approximate surface area is 168 Å². The van der Waals surface area contributed by atoms with Gasteiger partial charge in [-0.1, -0.05) is 17.7 Å². The summed E-state index contributed by atoms with van der Waals surface area (Å²) in [6.45, 7) is 9.85. The van der Waals surface area contributed by atoms with E-state index in [9.17, 15) is 13.2 Å². The fraction of sp³-hybridized carbons (Fsp3) is 0.632. The number of aryl methyl sites for hydroxylation is 1. The molecule has 0 atom stereocenters. The summed E-state index contributed by atoms with van der Waals surface area (Å²) < 4.78 is 29.5. The van der Waals surface area contributed by atoms with E-state index >= 15 is 0 Å². The quantitative estimate of drug-likeness (QED) is 0.479. The molecule has 1 aliphatic heterocycles. The molecule has 0 saturated carbocycles. The normalized spacial score (nSPS) is 16.5. The first-order valence-corrected chi connectivity index (χ1v) is 11.1. The molecule has 0 unspecified atom stereocenters. The van der Waals surface area contributed by atoms with Gasteiger partial charge in [0.1, 0.15) is 0 Å². The van der Waals surface area contributed by atoms with Crippen molar-refractivity contribution in [1.82, 2.24) is 20.9 Å². The standard InChI is InChI=1S/C19H32N4O4S/c1-14(2)22-19(24)23(15(3)4)21-18(20-22)8-6-7-13-27-28(25,26)17-11-9-16(5)10-12-17/h9-12,14-15,18,20-21H,6-8,13H2,1-5H3. The summed E-state index contributed by atoms with van der Waals surface area (Å²) in [7, 11) is -3.72. The predicted octanol–water partition coefficient (Wildman–Crippen LogP) is 2.76. The van der Waals surface area contributed by atoms with Crippen LogP contribution in [0.15, 0.2) is 29.2 Å². The van der Waals surface area contributed by atoms with Crippen molar-refractivity contribution in [2.75, 3.05) is 6.61 Å². The monoisotopic (exact) mass is 412 g/mol. The first-order chi connectivity index (χ1) is 13.1. The summed E-state index contributed by atoms with van der Waals surface area (Å²) >= 11 is 0. The number of nitrogens with zero attached hydrogens (tertiary/aromatic N) is 2. The molecule has 0 radical (unpaired) electrons. The van der Waals surface area contributed by atoms with Crippen molar-refractivity contribution >= 4 is 16.1 Å². The highest BCUT2D eigenvalue weighted by atomic mass is 32.2. The van der Waals surface area contributed by atoms with E-state index in [1.807, 2.05) is 34.6 Å². The van der Waals surface area contributed by atoms with Gasteiger partial charge in [-0.2, -0.15) is 8.42 Å². The molecule has 1 heterocycles. The van der Waals surface area contributed by atoms with E-state index in [1.165, 1.54) is 0 Å². The Bertz CT molecular complexity index is 730. The lowest BCUT2D eigenvalue weighted by Gasteiger charge is -2.44. The summed E-state index contributed by atoms with van der Waals surface area (Å²) in [6.07, 6.45) is 1.98. The molecule has 2 rings (SSSR count). The highest BCUT2D eigenvalue weighted by molar-refractivity contribution is 7.86. The Morgan fingerprint density at radius 2 is 1.54 bits per heavy atom. The molecule has 0 aromatic heterocycles. The Hall–Kier alpha value is -1.68. The van der Waals surface area contributed by atoms with Gasteiger partial charge in [0.05, 0.1) is 17.7 Å². The predicted molar refractivity (Wildman–Crippen MR) is 108 cm³/mol. The molecule has 0 spiro atoms. The third kappa shape index (κ3) is 5.91. The summed E-state index contributed by atoms with van der Waals surface area (Å²) in [5, 5.41) is 3.25. The van der Waals surface area contributed by atoms with Crippen LogP contribution < -0.4 is 10.9 Å². The van der Waals surface area contributed by atoms with Gasteiger partial charge in [0.2, 0.25) is 0 Å². The average molecular weight is 413 g/mol. The summed E-state index contributed by atoms with van der Waals surface area (Å²) in [5.41, 5.74) is 7.39. The number of hydrogen-bond acceptors (Lipinski definition) is 6. The average Bonchev–Trinajstić information content (AvgIpc) is 2.62. The Balaban J connectivity index is 1.81. The second kappa shape index (κ2) is 9.69. The summed E-state index contributed by atoms with van der Waals surface area (Å²) in [6, 6.07) is 6.56. The Morgan fingerprint density at radius 3 is 2.04 bits per heavy atom. The molecule has 28 heavy (non-hydrogen) atoms. The van der Waals surface area contributed by atoms with E-state index in [1.54, 1.807) is 34.3 Å². The van der Waals surface area contributed by atoms with Crippen LogP contribution in [0, 0.1) is 6.92 Å². The molecule has 1 aromatic rings. The first-order valence-electron chi connectivity index (χ1n) is 9.72. The van der Waals surface area contributed by atoms with Crippen molar-refractivity contribution < 1.29 is 17.4 Å². The third-order valence-electron chi connectivity index (χ3n) is 4.47. The number of amides is 2. The molecular weight excluding hydrogens is 380 g/mol.